The maximum absolute atomic E-state index is 13.1. The molecule has 5 heteroatoms. The third-order valence-electron chi connectivity index (χ3n) is 3.95. The van der Waals surface area contributed by atoms with Crippen molar-refractivity contribution >= 4 is 39.9 Å². The number of carbonyl (C=O) groups is 1. The van der Waals surface area contributed by atoms with Crippen LogP contribution in [0.1, 0.15) is 12.0 Å². The van der Waals surface area contributed by atoms with Crippen LogP contribution in [0.5, 0.6) is 0 Å². The predicted molar refractivity (Wildman–Crippen MR) is 90.9 cm³/mol. The Kier molecular flexibility index (Phi) is 3.43. The number of benzene rings is 2. The number of hydrogen-bond acceptors (Lipinski definition) is 3. The van der Waals surface area contributed by atoms with Gasteiger partial charge in [-0.25, -0.2) is 0 Å². The van der Waals surface area contributed by atoms with E-state index >= 15 is 0 Å². The van der Waals surface area contributed by atoms with E-state index in [0.29, 0.717) is 13.2 Å². The quantitative estimate of drug-likeness (QED) is 0.679. The molecule has 2 aliphatic heterocycles. The molecule has 4 nitrogen and oxygen atoms in total. The van der Waals surface area contributed by atoms with Gasteiger partial charge in [0.1, 0.15) is 0 Å². The number of para-hydroxylation sites is 1. The van der Waals surface area contributed by atoms with Crippen molar-refractivity contribution in [3.63, 3.8) is 0 Å². The maximum atomic E-state index is 13.1. The van der Waals surface area contributed by atoms with Crippen molar-refractivity contribution < 1.29 is 14.3 Å². The van der Waals surface area contributed by atoms with Gasteiger partial charge < -0.3 is 9.47 Å². The number of rotatable bonds is 1. The molecular formula is C17H14INO3. The van der Waals surface area contributed by atoms with Crippen LogP contribution in [0.4, 0.5) is 11.4 Å². The van der Waals surface area contributed by atoms with E-state index in [1.165, 1.54) is 0 Å². The number of nitrogens with zero attached hydrogens (tertiary/aromatic N) is 1. The van der Waals surface area contributed by atoms with Crippen molar-refractivity contribution in [1.29, 1.82) is 0 Å². The monoisotopic (exact) mass is 407 g/mol. The Morgan fingerprint density at radius 1 is 1.05 bits per heavy atom. The lowest BCUT2D eigenvalue weighted by atomic mass is 10.1. The molecule has 0 saturated carbocycles. The van der Waals surface area contributed by atoms with E-state index in [4.69, 9.17) is 9.47 Å². The summed E-state index contributed by atoms with van der Waals surface area (Å²) in [7, 11) is 0. The van der Waals surface area contributed by atoms with E-state index in [0.717, 1.165) is 26.9 Å². The smallest absolute Gasteiger partial charge is 0.297 e. The zero-order valence-electron chi connectivity index (χ0n) is 11.8. The third kappa shape index (κ3) is 2.00. The van der Waals surface area contributed by atoms with E-state index in [9.17, 15) is 4.79 Å². The number of hydrogen-bond donors (Lipinski definition) is 0. The molecule has 2 aliphatic rings. The van der Waals surface area contributed by atoms with Gasteiger partial charge in [-0.15, -0.1) is 0 Å². The molecule has 0 bridgehead atoms. The molecule has 22 heavy (non-hydrogen) atoms. The minimum atomic E-state index is -1.29. The van der Waals surface area contributed by atoms with E-state index < -0.39 is 5.79 Å². The number of anilines is 2. The summed E-state index contributed by atoms with van der Waals surface area (Å²) in [6.07, 6.45) is 0.805. The zero-order valence-corrected chi connectivity index (χ0v) is 13.9. The van der Waals surface area contributed by atoms with Crippen molar-refractivity contribution in [1.82, 2.24) is 0 Å². The first-order valence-corrected chi connectivity index (χ1v) is 8.28. The van der Waals surface area contributed by atoms with Crippen LogP contribution in [0.25, 0.3) is 0 Å². The van der Waals surface area contributed by atoms with Gasteiger partial charge in [0, 0.05) is 14.8 Å². The number of carbonyl (C=O) groups excluding carboxylic acids is 1. The predicted octanol–water partition coefficient (Wildman–Crippen LogP) is 3.56. The lowest BCUT2D eigenvalue weighted by molar-refractivity contribution is -0.256. The summed E-state index contributed by atoms with van der Waals surface area (Å²) in [6.45, 7) is 1.05. The lowest BCUT2D eigenvalue weighted by Gasteiger charge is -2.32. The van der Waals surface area contributed by atoms with Gasteiger partial charge in [-0.3, -0.25) is 9.69 Å². The Balaban J connectivity index is 1.91. The molecule has 0 aromatic heterocycles. The summed E-state index contributed by atoms with van der Waals surface area (Å²) in [4.78, 5) is 14.8. The SMILES string of the molecule is O=C1N(c2ccccc2)c2ccc(I)cc2C12OCCCO2. The molecule has 0 radical (unpaired) electrons. The average molecular weight is 407 g/mol. The number of halogens is 1. The van der Waals surface area contributed by atoms with Crippen LogP contribution in [0.3, 0.4) is 0 Å². The van der Waals surface area contributed by atoms with Gasteiger partial charge in [0.05, 0.1) is 18.9 Å². The molecule has 0 aliphatic carbocycles. The Labute approximate surface area is 142 Å². The van der Waals surface area contributed by atoms with Gasteiger partial charge >= 0.3 is 0 Å². The van der Waals surface area contributed by atoms with E-state index in [1.807, 2.05) is 48.5 Å². The Bertz CT molecular complexity index is 726. The minimum absolute atomic E-state index is 0.171. The highest BCUT2D eigenvalue weighted by atomic mass is 127. The van der Waals surface area contributed by atoms with Crippen LogP contribution in [0.2, 0.25) is 0 Å². The van der Waals surface area contributed by atoms with Crippen molar-refractivity contribution in [2.75, 3.05) is 18.1 Å². The van der Waals surface area contributed by atoms with Crippen LogP contribution in [0.15, 0.2) is 48.5 Å². The highest BCUT2D eigenvalue weighted by molar-refractivity contribution is 14.1. The lowest BCUT2D eigenvalue weighted by Crippen LogP contribution is -2.46. The summed E-state index contributed by atoms with van der Waals surface area (Å²) < 4.78 is 12.8. The second kappa shape index (κ2) is 5.33. The summed E-state index contributed by atoms with van der Waals surface area (Å²) in [5.74, 6) is -1.46. The summed E-state index contributed by atoms with van der Waals surface area (Å²) in [5, 5.41) is 0. The van der Waals surface area contributed by atoms with E-state index in [1.54, 1.807) is 4.90 Å². The van der Waals surface area contributed by atoms with E-state index in [-0.39, 0.29) is 5.91 Å². The standard InChI is InChI=1S/C17H14INO3/c18-12-7-8-15-14(11-12)17(21-9-4-10-22-17)16(20)19(15)13-5-2-1-3-6-13/h1-3,5-8,11H,4,9-10H2. The molecule has 2 aromatic rings. The molecule has 1 saturated heterocycles. The van der Waals surface area contributed by atoms with Crippen molar-refractivity contribution in [2.45, 2.75) is 12.2 Å². The van der Waals surface area contributed by atoms with Crippen LogP contribution >= 0.6 is 22.6 Å². The Hall–Kier alpha value is -1.44. The van der Waals surface area contributed by atoms with Crippen molar-refractivity contribution in [2.24, 2.45) is 0 Å². The van der Waals surface area contributed by atoms with Crippen molar-refractivity contribution in [3.05, 3.63) is 57.7 Å². The second-order valence-corrected chi connectivity index (χ2v) is 6.55. The number of ether oxygens (including phenoxy) is 2. The molecule has 0 atom stereocenters. The summed E-state index contributed by atoms with van der Waals surface area (Å²) >= 11 is 2.24. The molecule has 1 spiro atoms. The Morgan fingerprint density at radius 3 is 2.50 bits per heavy atom. The molecule has 1 amide bonds. The largest absolute Gasteiger partial charge is 0.338 e. The first kappa shape index (κ1) is 14.2. The molecule has 2 heterocycles. The fourth-order valence-electron chi connectivity index (χ4n) is 2.98. The topological polar surface area (TPSA) is 38.8 Å². The van der Waals surface area contributed by atoms with E-state index in [2.05, 4.69) is 22.6 Å². The molecule has 112 valence electrons. The molecule has 0 N–H and O–H groups in total. The normalized spacial score (nSPS) is 19.5. The molecule has 2 aromatic carbocycles. The van der Waals surface area contributed by atoms with Gasteiger partial charge in [-0.2, -0.15) is 0 Å². The van der Waals surface area contributed by atoms with Crippen LogP contribution < -0.4 is 4.90 Å². The van der Waals surface area contributed by atoms with Gasteiger partial charge in [-0.1, -0.05) is 18.2 Å². The highest BCUT2D eigenvalue weighted by Gasteiger charge is 2.55. The van der Waals surface area contributed by atoms with Gasteiger partial charge in [0.2, 0.25) is 0 Å². The molecular weight excluding hydrogens is 393 g/mol. The Morgan fingerprint density at radius 2 is 1.77 bits per heavy atom. The van der Waals surface area contributed by atoms with Gasteiger partial charge in [0.25, 0.3) is 11.7 Å². The summed E-state index contributed by atoms with van der Waals surface area (Å²) in [6, 6.07) is 15.5. The fraction of sp³-hybridized carbons (Fsp3) is 0.235. The zero-order chi connectivity index (χ0) is 15.2. The number of amides is 1. The first-order valence-electron chi connectivity index (χ1n) is 7.20. The van der Waals surface area contributed by atoms with Crippen LogP contribution in [-0.2, 0) is 20.1 Å². The summed E-state index contributed by atoms with van der Waals surface area (Å²) in [5.41, 5.74) is 2.45. The number of fused-ring (bicyclic) bond motifs is 2. The van der Waals surface area contributed by atoms with Crippen molar-refractivity contribution in [3.8, 4) is 0 Å². The first-order chi connectivity index (χ1) is 10.7. The van der Waals surface area contributed by atoms with Crippen LogP contribution in [0, 0.1) is 3.57 Å². The van der Waals surface area contributed by atoms with Gasteiger partial charge in [-0.05, 0) is 59.3 Å². The maximum Gasteiger partial charge on any atom is 0.297 e. The molecule has 4 rings (SSSR count). The molecule has 0 unspecified atom stereocenters. The molecule has 1 fully saturated rings. The minimum Gasteiger partial charge on any atom is -0.338 e. The second-order valence-electron chi connectivity index (χ2n) is 5.30. The highest BCUT2D eigenvalue weighted by Crippen LogP contribution is 2.48. The van der Waals surface area contributed by atoms with Crippen LogP contribution in [-0.4, -0.2) is 19.1 Å². The fourth-order valence-corrected chi connectivity index (χ4v) is 3.47. The third-order valence-corrected chi connectivity index (χ3v) is 4.62. The van der Waals surface area contributed by atoms with Gasteiger partial charge in [0.15, 0.2) is 0 Å². The average Bonchev–Trinajstić information content (AvgIpc) is 2.78.